The van der Waals surface area contributed by atoms with Crippen LogP contribution in [0.2, 0.25) is 0 Å². The first-order valence-electron chi connectivity index (χ1n) is 9.28. The number of thiophene rings is 1. The first-order chi connectivity index (χ1) is 14.5. The molecule has 0 bridgehead atoms. The maximum atomic E-state index is 12.6. The molecule has 1 aliphatic rings. The maximum Gasteiger partial charge on any atom is 0.411 e. The number of nitrogens with one attached hydrogen (secondary N) is 1. The SMILES string of the molecule is Cc1snc2sc(C(=O)O)c(NC(=O)OCC3c4ccccc4-c4ccccc43)c12. The van der Waals surface area contributed by atoms with Gasteiger partial charge in [0.25, 0.3) is 0 Å². The molecule has 1 aliphatic carbocycles. The van der Waals surface area contributed by atoms with Crippen LogP contribution in [-0.2, 0) is 4.74 Å². The van der Waals surface area contributed by atoms with Gasteiger partial charge in [0.05, 0.1) is 11.1 Å². The maximum absolute atomic E-state index is 12.6. The van der Waals surface area contributed by atoms with Crippen LogP contribution in [0.3, 0.4) is 0 Å². The Kier molecular flexibility index (Phi) is 4.52. The number of benzene rings is 2. The van der Waals surface area contributed by atoms with Gasteiger partial charge in [-0.05, 0) is 40.7 Å². The van der Waals surface area contributed by atoms with Crippen molar-refractivity contribution in [1.29, 1.82) is 0 Å². The summed E-state index contributed by atoms with van der Waals surface area (Å²) in [5.41, 5.74) is 4.79. The molecule has 0 fully saturated rings. The minimum Gasteiger partial charge on any atom is -0.477 e. The van der Waals surface area contributed by atoms with Crippen molar-refractivity contribution in [3.8, 4) is 11.1 Å². The van der Waals surface area contributed by atoms with Crippen molar-refractivity contribution in [3.63, 3.8) is 0 Å². The number of ether oxygens (including phenoxy) is 1. The number of nitrogens with zero attached hydrogens (tertiary/aromatic N) is 1. The van der Waals surface area contributed by atoms with Gasteiger partial charge in [-0.15, -0.1) is 11.3 Å². The summed E-state index contributed by atoms with van der Waals surface area (Å²) < 4.78 is 9.81. The largest absolute Gasteiger partial charge is 0.477 e. The number of hydrogen-bond acceptors (Lipinski definition) is 6. The molecule has 0 saturated carbocycles. The minimum atomic E-state index is -1.10. The number of carbonyl (C=O) groups excluding carboxylic acids is 1. The summed E-state index contributed by atoms with van der Waals surface area (Å²) in [5.74, 6) is -1.16. The number of amides is 1. The number of hydrogen-bond donors (Lipinski definition) is 2. The van der Waals surface area contributed by atoms with E-state index in [4.69, 9.17) is 4.74 Å². The Hall–Kier alpha value is -3.23. The van der Waals surface area contributed by atoms with Gasteiger partial charge in [0.1, 0.15) is 16.3 Å². The van der Waals surface area contributed by atoms with E-state index in [0.29, 0.717) is 10.2 Å². The smallest absolute Gasteiger partial charge is 0.411 e. The molecule has 0 unspecified atom stereocenters. The van der Waals surface area contributed by atoms with Crippen LogP contribution >= 0.6 is 22.9 Å². The Bertz CT molecular complexity index is 1260. The lowest BCUT2D eigenvalue weighted by molar-refractivity contribution is 0.0703. The van der Waals surface area contributed by atoms with Gasteiger partial charge >= 0.3 is 12.1 Å². The predicted molar refractivity (Wildman–Crippen MR) is 118 cm³/mol. The second-order valence-electron chi connectivity index (χ2n) is 6.98. The van der Waals surface area contributed by atoms with Crippen LogP contribution in [0.5, 0.6) is 0 Å². The highest BCUT2D eigenvalue weighted by Gasteiger charge is 2.29. The van der Waals surface area contributed by atoms with Crippen LogP contribution in [0.4, 0.5) is 10.5 Å². The highest BCUT2D eigenvalue weighted by molar-refractivity contribution is 7.23. The Morgan fingerprint density at radius 1 is 1.10 bits per heavy atom. The molecule has 6 nitrogen and oxygen atoms in total. The molecule has 2 aromatic heterocycles. The number of aryl methyl sites for hydroxylation is 1. The van der Waals surface area contributed by atoms with Gasteiger partial charge in [0, 0.05) is 10.8 Å². The quantitative estimate of drug-likeness (QED) is 0.427. The monoisotopic (exact) mass is 436 g/mol. The van der Waals surface area contributed by atoms with Gasteiger partial charge in [0.2, 0.25) is 0 Å². The molecule has 150 valence electrons. The van der Waals surface area contributed by atoms with E-state index in [0.717, 1.165) is 38.5 Å². The molecule has 0 spiro atoms. The van der Waals surface area contributed by atoms with E-state index in [-0.39, 0.29) is 23.1 Å². The second-order valence-corrected chi connectivity index (χ2v) is 8.96. The zero-order chi connectivity index (χ0) is 20.8. The average molecular weight is 437 g/mol. The molecule has 0 atom stereocenters. The van der Waals surface area contributed by atoms with E-state index in [1.807, 2.05) is 43.3 Å². The Morgan fingerprint density at radius 3 is 2.37 bits per heavy atom. The third-order valence-corrected chi connectivity index (χ3v) is 7.21. The van der Waals surface area contributed by atoms with Crippen LogP contribution in [0.1, 0.15) is 31.6 Å². The molecule has 2 aromatic carbocycles. The molecule has 0 saturated heterocycles. The normalized spacial score (nSPS) is 12.6. The Morgan fingerprint density at radius 2 is 1.73 bits per heavy atom. The van der Waals surface area contributed by atoms with Gasteiger partial charge in [-0.25, -0.2) is 9.59 Å². The number of fused-ring (bicyclic) bond motifs is 4. The average Bonchev–Trinajstić information content (AvgIpc) is 3.39. The standard InChI is InChI=1S/C22H16N2O4S2/c1-11-17-18(19(21(25)26)29-20(17)24-30-11)23-22(27)28-10-16-14-8-4-2-6-12(14)13-7-3-5-9-15(13)16/h2-9,16H,10H2,1H3,(H,23,27)(H,25,26). The third-order valence-electron chi connectivity index (χ3n) is 5.27. The van der Waals surface area contributed by atoms with Crippen molar-refractivity contribution in [2.75, 3.05) is 11.9 Å². The van der Waals surface area contributed by atoms with Crippen molar-refractivity contribution in [3.05, 3.63) is 69.4 Å². The minimum absolute atomic E-state index is 0.0527. The number of carboxylic acid groups (broad SMARTS) is 1. The number of anilines is 1. The van der Waals surface area contributed by atoms with E-state index in [1.165, 1.54) is 11.5 Å². The first kappa shape index (κ1) is 18.8. The summed E-state index contributed by atoms with van der Waals surface area (Å²) in [6.45, 7) is 2.01. The third kappa shape index (κ3) is 2.96. The summed E-state index contributed by atoms with van der Waals surface area (Å²) in [4.78, 5) is 25.7. The fourth-order valence-electron chi connectivity index (χ4n) is 3.97. The zero-order valence-corrected chi connectivity index (χ0v) is 17.5. The topological polar surface area (TPSA) is 88.5 Å². The second kappa shape index (κ2) is 7.23. The van der Waals surface area contributed by atoms with E-state index < -0.39 is 12.1 Å². The highest BCUT2D eigenvalue weighted by Crippen LogP contribution is 2.44. The summed E-state index contributed by atoms with van der Waals surface area (Å²) in [6, 6.07) is 16.2. The fraction of sp³-hybridized carbons (Fsp3) is 0.136. The molecule has 4 aromatic rings. The number of rotatable bonds is 4. The lowest BCUT2D eigenvalue weighted by Crippen LogP contribution is -2.18. The van der Waals surface area contributed by atoms with Crippen molar-refractivity contribution in [2.45, 2.75) is 12.8 Å². The predicted octanol–water partition coefficient (Wildman–Crippen LogP) is 5.73. The zero-order valence-electron chi connectivity index (χ0n) is 15.8. The molecule has 0 radical (unpaired) electrons. The van der Waals surface area contributed by atoms with E-state index >= 15 is 0 Å². The highest BCUT2D eigenvalue weighted by atomic mass is 32.1. The summed E-state index contributed by atoms with van der Waals surface area (Å²) in [7, 11) is 0. The van der Waals surface area contributed by atoms with Crippen molar-refractivity contribution in [2.24, 2.45) is 0 Å². The van der Waals surface area contributed by atoms with Gasteiger partial charge in [0.15, 0.2) is 0 Å². The molecular weight excluding hydrogens is 420 g/mol. The number of aromatic nitrogens is 1. The molecule has 2 N–H and O–H groups in total. The van der Waals surface area contributed by atoms with E-state index in [2.05, 4.69) is 21.8 Å². The van der Waals surface area contributed by atoms with Gasteiger partial charge in [-0.3, -0.25) is 5.32 Å². The lowest BCUT2D eigenvalue weighted by Gasteiger charge is -2.14. The molecule has 30 heavy (non-hydrogen) atoms. The molecule has 8 heteroatoms. The molecule has 2 heterocycles. The summed E-state index contributed by atoms with van der Waals surface area (Å²) in [6.07, 6.45) is -0.676. The van der Waals surface area contributed by atoms with Crippen LogP contribution in [0.25, 0.3) is 21.3 Å². The number of carboxylic acids is 1. The Labute approximate surface area is 179 Å². The Balaban J connectivity index is 1.39. The van der Waals surface area contributed by atoms with Crippen LogP contribution < -0.4 is 5.32 Å². The van der Waals surface area contributed by atoms with E-state index in [9.17, 15) is 14.7 Å². The van der Waals surface area contributed by atoms with Crippen molar-refractivity contribution in [1.82, 2.24) is 4.37 Å². The van der Waals surface area contributed by atoms with Crippen LogP contribution in [0.15, 0.2) is 48.5 Å². The molecule has 1 amide bonds. The van der Waals surface area contributed by atoms with Gasteiger partial charge in [-0.1, -0.05) is 48.5 Å². The van der Waals surface area contributed by atoms with Crippen molar-refractivity contribution < 1.29 is 19.4 Å². The lowest BCUT2D eigenvalue weighted by atomic mass is 9.98. The van der Waals surface area contributed by atoms with Crippen LogP contribution in [-0.4, -0.2) is 28.1 Å². The number of carbonyl (C=O) groups is 2. The van der Waals surface area contributed by atoms with E-state index in [1.54, 1.807) is 0 Å². The molecule has 0 aliphatic heterocycles. The number of aromatic carboxylic acids is 1. The fourth-order valence-corrected chi connectivity index (χ4v) is 5.79. The molecule has 5 rings (SSSR count). The van der Waals surface area contributed by atoms with Crippen LogP contribution in [0, 0.1) is 6.92 Å². The van der Waals surface area contributed by atoms with Crippen molar-refractivity contribution >= 4 is 50.8 Å². The molecular formula is C22H16N2O4S2. The first-order valence-corrected chi connectivity index (χ1v) is 10.9. The summed E-state index contributed by atoms with van der Waals surface area (Å²) in [5, 5.41) is 12.8. The van der Waals surface area contributed by atoms with Gasteiger partial charge < -0.3 is 9.84 Å². The summed E-state index contributed by atoms with van der Waals surface area (Å²) >= 11 is 2.33. The van der Waals surface area contributed by atoms with Gasteiger partial charge in [-0.2, -0.15) is 4.37 Å².